The second kappa shape index (κ2) is 7.73. The van der Waals surface area contributed by atoms with Crippen LogP contribution < -0.4 is 10.9 Å². The van der Waals surface area contributed by atoms with E-state index in [0.29, 0.717) is 28.5 Å². The predicted molar refractivity (Wildman–Crippen MR) is 91.1 cm³/mol. The fourth-order valence-electron chi connectivity index (χ4n) is 1.95. The van der Waals surface area contributed by atoms with Crippen LogP contribution in [-0.4, -0.2) is 32.6 Å². The molecule has 2 heterocycles. The van der Waals surface area contributed by atoms with E-state index in [4.69, 9.17) is 4.74 Å². The Hall–Kier alpha value is -2.68. The van der Waals surface area contributed by atoms with Crippen LogP contribution in [0.1, 0.15) is 34.3 Å². The average molecular weight is 350 g/mol. The molecule has 0 aliphatic rings. The Balaban J connectivity index is 2.23. The summed E-state index contributed by atoms with van der Waals surface area (Å²) in [6, 6.07) is 0. The van der Waals surface area contributed by atoms with Crippen LogP contribution in [0.15, 0.2) is 17.4 Å². The molecule has 0 saturated carbocycles. The van der Waals surface area contributed by atoms with E-state index < -0.39 is 11.5 Å². The minimum absolute atomic E-state index is 0.0454. The molecule has 8 nitrogen and oxygen atoms in total. The van der Waals surface area contributed by atoms with E-state index in [9.17, 15) is 14.7 Å². The van der Waals surface area contributed by atoms with Crippen molar-refractivity contribution in [2.75, 3.05) is 11.9 Å². The van der Waals surface area contributed by atoms with Gasteiger partial charge in [-0.25, -0.2) is 9.78 Å². The summed E-state index contributed by atoms with van der Waals surface area (Å²) in [5, 5.41) is 13.0. The molecule has 3 N–H and O–H groups in total. The van der Waals surface area contributed by atoms with Gasteiger partial charge in [0, 0.05) is 0 Å². The summed E-state index contributed by atoms with van der Waals surface area (Å²) in [5.41, 5.74) is 0.267. The number of hydrogen-bond donors (Lipinski definition) is 3. The highest BCUT2D eigenvalue weighted by atomic mass is 32.1. The smallest absolute Gasteiger partial charge is 0.350 e. The molecule has 0 aliphatic heterocycles. The van der Waals surface area contributed by atoms with Crippen molar-refractivity contribution in [2.24, 2.45) is 0 Å². The normalized spacial score (nSPS) is 10.4. The van der Waals surface area contributed by atoms with Crippen molar-refractivity contribution >= 4 is 28.4 Å². The number of carbonyl (C=O) groups is 1. The van der Waals surface area contributed by atoms with Gasteiger partial charge in [0.15, 0.2) is 5.13 Å². The standard InChI is InChI=1S/C15H18N4O4S/c1-4-6-7-9-11(20)17-14(18-12(9)21)19-15-16-8(3)10(24-15)13(22)23-5-2/h4H,1,5-7H2,2-3H3,(H3,16,17,18,19,20,21). The summed E-state index contributed by atoms with van der Waals surface area (Å²) in [6.45, 7) is 7.25. The van der Waals surface area contributed by atoms with Crippen LogP contribution in [0.4, 0.5) is 11.1 Å². The fraction of sp³-hybridized carbons (Fsp3) is 0.333. The van der Waals surface area contributed by atoms with Crippen molar-refractivity contribution in [1.29, 1.82) is 0 Å². The number of aromatic hydroxyl groups is 1. The van der Waals surface area contributed by atoms with Crippen LogP contribution in [0.5, 0.6) is 5.88 Å². The number of aromatic nitrogens is 3. The van der Waals surface area contributed by atoms with Gasteiger partial charge in [-0.1, -0.05) is 17.4 Å². The maximum Gasteiger partial charge on any atom is 0.350 e. The molecular formula is C15H18N4O4S. The molecule has 24 heavy (non-hydrogen) atoms. The topological polar surface area (TPSA) is 117 Å². The third-order valence-electron chi connectivity index (χ3n) is 3.07. The highest BCUT2D eigenvalue weighted by molar-refractivity contribution is 7.17. The number of nitrogens with one attached hydrogen (secondary N) is 2. The van der Waals surface area contributed by atoms with Crippen molar-refractivity contribution < 1.29 is 14.6 Å². The molecule has 0 spiro atoms. The lowest BCUT2D eigenvalue weighted by atomic mass is 10.2. The summed E-state index contributed by atoms with van der Waals surface area (Å²) in [4.78, 5) is 34.8. The fourth-order valence-corrected chi connectivity index (χ4v) is 2.81. The Bertz CT molecular complexity index is 812. The van der Waals surface area contributed by atoms with Crippen molar-refractivity contribution in [2.45, 2.75) is 26.7 Å². The van der Waals surface area contributed by atoms with Crippen LogP contribution in [0.2, 0.25) is 0 Å². The van der Waals surface area contributed by atoms with E-state index in [2.05, 4.69) is 26.8 Å². The van der Waals surface area contributed by atoms with Crippen LogP contribution in [0.25, 0.3) is 0 Å². The van der Waals surface area contributed by atoms with Gasteiger partial charge in [0.05, 0.1) is 17.9 Å². The van der Waals surface area contributed by atoms with Crippen LogP contribution in [0, 0.1) is 6.92 Å². The molecule has 0 fully saturated rings. The zero-order chi connectivity index (χ0) is 17.7. The Morgan fingerprint density at radius 3 is 2.88 bits per heavy atom. The zero-order valence-corrected chi connectivity index (χ0v) is 14.2. The van der Waals surface area contributed by atoms with Crippen LogP contribution in [0.3, 0.4) is 0 Å². The van der Waals surface area contributed by atoms with E-state index in [0.717, 1.165) is 11.3 Å². The molecule has 0 amide bonds. The number of thiazole rings is 1. The number of allylic oxidation sites excluding steroid dienone is 1. The molecule has 128 valence electrons. The summed E-state index contributed by atoms with van der Waals surface area (Å²) < 4.78 is 4.95. The third-order valence-corrected chi connectivity index (χ3v) is 4.13. The minimum Gasteiger partial charge on any atom is -0.493 e. The summed E-state index contributed by atoms with van der Waals surface area (Å²) in [6.07, 6.45) is 2.56. The molecule has 0 bridgehead atoms. The van der Waals surface area contributed by atoms with Gasteiger partial charge >= 0.3 is 5.97 Å². The molecule has 9 heteroatoms. The van der Waals surface area contributed by atoms with Crippen molar-refractivity contribution in [3.05, 3.63) is 39.1 Å². The Morgan fingerprint density at radius 2 is 2.25 bits per heavy atom. The number of hydrogen-bond acceptors (Lipinski definition) is 8. The number of aromatic amines is 1. The highest BCUT2D eigenvalue weighted by Gasteiger charge is 2.17. The molecule has 0 saturated heterocycles. The molecule has 0 radical (unpaired) electrons. The number of H-pyrrole nitrogens is 1. The minimum atomic E-state index is -0.454. The quantitative estimate of drug-likeness (QED) is 0.518. The predicted octanol–water partition coefficient (Wildman–Crippen LogP) is 2.28. The van der Waals surface area contributed by atoms with Gasteiger partial charge in [-0.05, 0) is 26.7 Å². The maximum absolute atomic E-state index is 12.0. The third kappa shape index (κ3) is 3.99. The highest BCUT2D eigenvalue weighted by Crippen LogP contribution is 2.25. The number of rotatable bonds is 7. The molecule has 2 aromatic heterocycles. The average Bonchev–Trinajstić information content (AvgIpc) is 2.87. The maximum atomic E-state index is 12.0. The first-order chi connectivity index (χ1) is 11.5. The number of ether oxygens (including phenoxy) is 1. The van der Waals surface area contributed by atoms with E-state index in [1.54, 1.807) is 19.9 Å². The number of nitrogens with zero attached hydrogens (tertiary/aromatic N) is 2. The second-order valence-corrected chi connectivity index (χ2v) is 5.82. The van der Waals surface area contributed by atoms with Gasteiger partial charge in [0.25, 0.3) is 5.56 Å². The van der Waals surface area contributed by atoms with Crippen LogP contribution >= 0.6 is 11.3 Å². The number of carbonyl (C=O) groups excluding carboxylic acids is 1. The van der Waals surface area contributed by atoms with Gasteiger partial charge in [-0.3, -0.25) is 9.78 Å². The van der Waals surface area contributed by atoms with Gasteiger partial charge in [0.1, 0.15) is 4.88 Å². The van der Waals surface area contributed by atoms with Crippen LogP contribution in [-0.2, 0) is 11.2 Å². The lowest BCUT2D eigenvalue weighted by Gasteiger charge is -2.05. The molecule has 0 aromatic carbocycles. The number of anilines is 2. The van der Waals surface area contributed by atoms with E-state index in [1.165, 1.54) is 0 Å². The molecule has 2 rings (SSSR count). The molecular weight excluding hydrogens is 332 g/mol. The molecule has 0 unspecified atom stereocenters. The van der Waals surface area contributed by atoms with Gasteiger partial charge in [-0.2, -0.15) is 4.98 Å². The largest absolute Gasteiger partial charge is 0.493 e. The van der Waals surface area contributed by atoms with Crippen molar-refractivity contribution in [3.8, 4) is 5.88 Å². The summed E-state index contributed by atoms with van der Waals surface area (Å²) in [5.74, 6) is -0.754. The first-order valence-electron chi connectivity index (χ1n) is 7.30. The Labute approximate surface area is 142 Å². The van der Waals surface area contributed by atoms with Gasteiger partial charge in [0.2, 0.25) is 11.8 Å². The second-order valence-electron chi connectivity index (χ2n) is 4.82. The Morgan fingerprint density at radius 1 is 1.50 bits per heavy atom. The summed E-state index contributed by atoms with van der Waals surface area (Å²) >= 11 is 1.08. The SMILES string of the molecule is C=CCCc1c(O)nc(Nc2nc(C)c(C(=O)OCC)s2)[nH]c1=O. The molecule has 0 atom stereocenters. The first-order valence-corrected chi connectivity index (χ1v) is 8.12. The number of aryl methyl sites for hydroxylation is 1. The first kappa shape index (κ1) is 17.7. The van der Waals surface area contributed by atoms with Crippen molar-refractivity contribution in [3.63, 3.8) is 0 Å². The zero-order valence-electron chi connectivity index (χ0n) is 13.4. The lowest BCUT2D eigenvalue weighted by Crippen LogP contribution is -2.16. The van der Waals surface area contributed by atoms with Gasteiger partial charge in [-0.15, -0.1) is 6.58 Å². The molecule has 0 aliphatic carbocycles. The van der Waals surface area contributed by atoms with E-state index in [1.807, 2.05) is 0 Å². The number of esters is 1. The van der Waals surface area contributed by atoms with Crippen molar-refractivity contribution in [1.82, 2.24) is 15.0 Å². The lowest BCUT2D eigenvalue weighted by molar-refractivity contribution is 0.0531. The summed E-state index contributed by atoms with van der Waals surface area (Å²) in [7, 11) is 0. The molecule has 2 aromatic rings. The van der Waals surface area contributed by atoms with E-state index in [-0.39, 0.29) is 24.0 Å². The van der Waals surface area contributed by atoms with E-state index >= 15 is 0 Å². The Kier molecular flexibility index (Phi) is 5.69. The monoisotopic (exact) mass is 350 g/mol. The van der Waals surface area contributed by atoms with Gasteiger partial charge < -0.3 is 15.2 Å².